The lowest BCUT2D eigenvalue weighted by Gasteiger charge is -2.14. The van der Waals surface area contributed by atoms with Gasteiger partial charge in [-0.2, -0.15) is 0 Å². The predicted molar refractivity (Wildman–Crippen MR) is 70.4 cm³/mol. The molecular formula is C14H22N2O. The van der Waals surface area contributed by atoms with Gasteiger partial charge in [0.15, 0.2) is 0 Å². The Morgan fingerprint density at radius 2 is 2.18 bits per heavy atom. The summed E-state index contributed by atoms with van der Waals surface area (Å²) >= 11 is 0. The van der Waals surface area contributed by atoms with Gasteiger partial charge in [-0.05, 0) is 43.9 Å². The largest absolute Gasteiger partial charge is 0.313 e. The molecule has 0 radical (unpaired) electrons. The first-order chi connectivity index (χ1) is 8.27. The summed E-state index contributed by atoms with van der Waals surface area (Å²) in [6, 6.07) is 2.12. The van der Waals surface area contributed by atoms with E-state index in [9.17, 15) is 4.79 Å². The molecule has 0 aliphatic heterocycles. The van der Waals surface area contributed by atoms with Gasteiger partial charge in [-0.3, -0.25) is 4.79 Å². The molecule has 0 amide bonds. The van der Waals surface area contributed by atoms with Crippen molar-refractivity contribution in [2.75, 3.05) is 6.54 Å². The lowest BCUT2D eigenvalue weighted by Crippen LogP contribution is -2.29. The maximum atomic E-state index is 12.3. The van der Waals surface area contributed by atoms with Crippen molar-refractivity contribution in [1.29, 1.82) is 0 Å². The molecule has 0 saturated carbocycles. The van der Waals surface area contributed by atoms with Crippen molar-refractivity contribution >= 4 is 0 Å². The first-order valence-electron chi connectivity index (χ1n) is 6.73. The minimum absolute atomic E-state index is 0.216. The molecule has 0 spiro atoms. The van der Waals surface area contributed by atoms with Crippen LogP contribution in [-0.2, 0) is 25.9 Å². The number of hydrogen-bond acceptors (Lipinski definition) is 2. The van der Waals surface area contributed by atoms with Gasteiger partial charge in [-0.1, -0.05) is 13.8 Å². The van der Waals surface area contributed by atoms with Crippen LogP contribution >= 0.6 is 0 Å². The number of nitrogens with one attached hydrogen (secondary N) is 1. The van der Waals surface area contributed by atoms with Crippen LogP contribution in [-0.4, -0.2) is 11.1 Å². The second-order valence-corrected chi connectivity index (χ2v) is 4.73. The summed E-state index contributed by atoms with van der Waals surface area (Å²) in [4.78, 5) is 12.3. The zero-order valence-electron chi connectivity index (χ0n) is 10.9. The Labute approximate surface area is 103 Å². The Kier molecular flexibility index (Phi) is 4.00. The van der Waals surface area contributed by atoms with Gasteiger partial charge in [0.1, 0.15) is 0 Å². The van der Waals surface area contributed by atoms with E-state index in [1.807, 2.05) is 4.57 Å². The van der Waals surface area contributed by atoms with Gasteiger partial charge in [0, 0.05) is 24.3 Å². The summed E-state index contributed by atoms with van der Waals surface area (Å²) < 4.78 is 2.01. The number of aryl methyl sites for hydroxylation is 1. The van der Waals surface area contributed by atoms with E-state index >= 15 is 0 Å². The SMILES string of the molecule is CCCn1c2c(cc(CNCC)c1=O)CCC2. The summed E-state index contributed by atoms with van der Waals surface area (Å²) in [5, 5.41) is 3.25. The number of rotatable bonds is 5. The second kappa shape index (κ2) is 5.50. The van der Waals surface area contributed by atoms with E-state index in [4.69, 9.17) is 0 Å². The third kappa shape index (κ3) is 2.44. The molecule has 0 saturated heterocycles. The summed E-state index contributed by atoms with van der Waals surface area (Å²) in [5.41, 5.74) is 3.83. The Morgan fingerprint density at radius 1 is 1.35 bits per heavy atom. The summed E-state index contributed by atoms with van der Waals surface area (Å²) in [6.45, 7) is 6.67. The smallest absolute Gasteiger partial charge is 0.255 e. The fourth-order valence-electron chi connectivity index (χ4n) is 2.63. The van der Waals surface area contributed by atoms with Crippen LogP contribution in [0.4, 0.5) is 0 Å². The minimum atomic E-state index is 0.216. The highest BCUT2D eigenvalue weighted by Gasteiger charge is 2.18. The molecule has 3 nitrogen and oxygen atoms in total. The molecule has 1 aliphatic carbocycles. The van der Waals surface area contributed by atoms with Crippen LogP contribution in [0, 0.1) is 0 Å². The van der Waals surface area contributed by atoms with Gasteiger partial charge in [0.2, 0.25) is 0 Å². The number of nitrogens with zero attached hydrogens (tertiary/aromatic N) is 1. The molecule has 1 aromatic heterocycles. The number of aromatic nitrogens is 1. The van der Waals surface area contributed by atoms with Gasteiger partial charge in [0.25, 0.3) is 5.56 Å². The zero-order chi connectivity index (χ0) is 12.3. The average Bonchev–Trinajstić information content (AvgIpc) is 2.78. The molecule has 1 aliphatic rings. The van der Waals surface area contributed by atoms with E-state index in [1.54, 1.807) is 0 Å². The zero-order valence-corrected chi connectivity index (χ0v) is 10.9. The molecule has 94 valence electrons. The molecule has 17 heavy (non-hydrogen) atoms. The van der Waals surface area contributed by atoms with Crippen LogP contribution in [0.2, 0.25) is 0 Å². The Hall–Kier alpha value is -1.09. The van der Waals surface area contributed by atoms with Crippen LogP contribution in [0.25, 0.3) is 0 Å². The Bertz CT molecular complexity index is 448. The van der Waals surface area contributed by atoms with Crippen LogP contribution in [0.3, 0.4) is 0 Å². The molecule has 2 rings (SSSR count). The highest BCUT2D eigenvalue weighted by atomic mass is 16.1. The Balaban J connectivity index is 2.41. The van der Waals surface area contributed by atoms with E-state index in [2.05, 4.69) is 25.2 Å². The van der Waals surface area contributed by atoms with E-state index < -0.39 is 0 Å². The lowest BCUT2D eigenvalue weighted by molar-refractivity contribution is 0.609. The molecule has 0 atom stereocenters. The predicted octanol–water partition coefficient (Wildman–Crippen LogP) is 1.86. The normalized spacial score (nSPS) is 14.0. The molecule has 0 fully saturated rings. The first kappa shape index (κ1) is 12.4. The summed E-state index contributed by atoms with van der Waals surface area (Å²) in [7, 11) is 0. The van der Waals surface area contributed by atoms with Gasteiger partial charge in [0.05, 0.1) is 0 Å². The van der Waals surface area contributed by atoms with E-state index in [0.717, 1.165) is 37.9 Å². The number of pyridine rings is 1. The van der Waals surface area contributed by atoms with E-state index in [1.165, 1.54) is 17.7 Å². The second-order valence-electron chi connectivity index (χ2n) is 4.73. The minimum Gasteiger partial charge on any atom is -0.313 e. The van der Waals surface area contributed by atoms with Crippen molar-refractivity contribution in [3.05, 3.63) is 33.2 Å². The maximum Gasteiger partial charge on any atom is 0.255 e. The first-order valence-corrected chi connectivity index (χ1v) is 6.73. The lowest BCUT2D eigenvalue weighted by atomic mass is 10.1. The highest BCUT2D eigenvalue weighted by Crippen LogP contribution is 2.21. The number of fused-ring (bicyclic) bond motifs is 1. The molecule has 0 unspecified atom stereocenters. The summed E-state index contributed by atoms with van der Waals surface area (Å²) in [6.07, 6.45) is 4.44. The molecule has 3 heteroatoms. The average molecular weight is 234 g/mol. The van der Waals surface area contributed by atoms with Crippen molar-refractivity contribution in [3.63, 3.8) is 0 Å². The summed E-state index contributed by atoms with van der Waals surface area (Å²) in [5.74, 6) is 0. The highest BCUT2D eigenvalue weighted by molar-refractivity contribution is 5.30. The van der Waals surface area contributed by atoms with Gasteiger partial charge in [-0.25, -0.2) is 0 Å². The monoisotopic (exact) mass is 234 g/mol. The van der Waals surface area contributed by atoms with E-state index in [-0.39, 0.29) is 5.56 Å². The van der Waals surface area contributed by atoms with Crippen LogP contribution in [0.15, 0.2) is 10.9 Å². The number of hydrogen-bond donors (Lipinski definition) is 1. The van der Waals surface area contributed by atoms with Crippen molar-refractivity contribution in [2.24, 2.45) is 0 Å². The van der Waals surface area contributed by atoms with Crippen molar-refractivity contribution < 1.29 is 0 Å². The van der Waals surface area contributed by atoms with Gasteiger partial charge < -0.3 is 9.88 Å². The molecule has 1 aromatic rings. The van der Waals surface area contributed by atoms with Gasteiger partial charge >= 0.3 is 0 Å². The molecular weight excluding hydrogens is 212 g/mol. The molecule has 0 aromatic carbocycles. The maximum absolute atomic E-state index is 12.3. The standard InChI is InChI=1S/C14H22N2O/c1-3-8-16-13-7-5-6-11(13)9-12(14(16)17)10-15-4-2/h9,15H,3-8,10H2,1-2H3. The third-order valence-electron chi connectivity index (χ3n) is 3.44. The van der Waals surface area contributed by atoms with Crippen molar-refractivity contribution in [1.82, 2.24) is 9.88 Å². The molecule has 0 bridgehead atoms. The van der Waals surface area contributed by atoms with Crippen molar-refractivity contribution in [2.45, 2.75) is 52.6 Å². The third-order valence-corrected chi connectivity index (χ3v) is 3.44. The van der Waals surface area contributed by atoms with Crippen LogP contribution in [0.5, 0.6) is 0 Å². The fraction of sp³-hybridized carbons (Fsp3) is 0.643. The topological polar surface area (TPSA) is 34.0 Å². The van der Waals surface area contributed by atoms with Crippen molar-refractivity contribution in [3.8, 4) is 0 Å². The Morgan fingerprint density at radius 3 is 2.88 bits per heavy atom. The fourth-order valence-corrected chi connectivity index (χ4v) is 2.63. The van der Waals surface area contributed by atoms with Crippen LogP contribution < -0.4 is 10.9 Å². The van der Waals surface area contributed by atoms with Gasteiger partial charge in [-0.15, -0.1) is 0 Å². The molecule has 1 N–H and O–H groups in total. The molecule has 1 heterocycles. The van der Waals surface area contributed by atoms with E-state index in [0.29, 0.717) is 6.54 Å². The van der Waals surface area contributed by atoms with Crippen LogP contribution in [0.1, 0.15) is 43.5 Å². The quantitative estimate of drug-likeness (QED) is 0.843.